The van der Waals surface area contributed by atoms with Crippen molar-refractivity contribution < 1.29 is 9.59 Å². The Balaban J connectivity index is 1.26. The molecular weight excluding hydrogens is 616 g/mol. The summed E-state index contributed by atoms with van der Waals surface area (Å²) in [5, 5.41) is 5.39. The maximum Gasteiger partial charge on any atom is 0.254 e. The van der Waals surface area contributed by atoms with Gasteiger partial charge in [0.05, 0.1) is 28.9 Å². The van der Waals surface area contributed by atoms with Gasteiger partial charge in [-0.2, -0.15) is 5.10 Å². The van der Waals surface area contributed by atoms with Gasteiger partial charge in [0.2, 0.25) is 5.91 Å². The monoisotopic (exact) mass is 646 g/mol. The number of fused-ring (bicyclic) bond motifs is 3. The van der Waals surface area contributed by atoms with Crippen molar-refractivity contribution in [3.05, 3.63) is 81.7 Å². The van der Waals surface area contributed by atoms with Gasteiger partial charge in [0, 0.05) is 53.2 Å². The van der Waals surface area contributed by atoms with Gasteiger partial charge >= 0.3 is 0 Å². The Labute approximate surface area is 258 Å². The van der Waals surface area contributed by atoms with Crippen molar-refractivity contribution in [1.29, 1.82) is 0 Å². The van der Waals surface area contributed by atoms with E-state index in [9.17, 15) is 9.59 Å². The average Bonchev–Trinajstić information content (AvgIpc) is 3.58. The summed E-state index contributed by atoms with van der Waals surface area (Å²) in [7, 11) is 1.97. The van der Waals surface area contributed by atoms with Crippen LogP contribution >= 0.6 is 27.5 Å². The molecule has 1 aliphatic carbocycles. The van der Waals surface area contributed by atoms with Crippen LogP contribution in [0, 0.1) is 11.8 Å². The van der Waals surface area contributed by atoms with E-state index in [0.717, 1.165) is 39.4 Å². The molecule has 8 nitrogen and oxygen atoms in total. The minimum absolute atomic E-state index is 0.0678. The lowest BCUT2D eigenvalue weighted by molar-refractivity contribution is -0.126. The summed E-state index contributed by atoms with van der Waals surface area (Å²) in [5.41, 5.74) is 3.45. The number of rotatable bonds is 5. The molecule has 1 saturated heterocycles. The minimum atomic E-state index is -0.296. The van der Waals surface area contributed by atoms with Crippen LogP contribution in [0.25, 0.3) is 11.4 Å². The van der Waals surface area contributed by atoms with Crippen LogP contribution < -0.4 is 4.90 Å². The zero-order chi connectivity index (χ0) is 29.1. The summed E-state index contributed by atoms with van der Waals surface area (Å²) in [6.45, 7) is 2.43. The molecule has 0 radical (unpaired) electrons. The number of halogens is 2. The second-order valence-corrected chi connectivity index (χ2v) is 13.1. The number of imidazole rings is 1. The molecule has 2 aliphatic heterocycles. The Hall–Kier alpha value is -3.43. The van der Waals surface area contributed by atoms with E-state index in [2.05, 4.69) is 20.9 Å². The van der Waals surface area contributed by atoms with Crippen LogP contribution in [0.5, 0.6) is 0 Å². The maximum absolute atomic E-state index is 14.4. The van der Waals surface area contributed by atoms with E-state index in [1.54, 1.807) is 24.4 Å². The number of likely N-dealkylation sites (tertiary alicyclic amines) is 1. The number of anilines is 2. The van der Waals surface area contributed by atoms with Crippen molar-refractivity contribution in [3.8, 4) is 11.4 Å². The fraction of sp³-hybridized carbons (Fsp3) is 0.375. The lowest BCUT2D eigenvalue weighted by atomic mass is 9.80. The summed E-state index contributed by atoms with van der Waals surface area (Å²) >= 11 is 9.74. The van der Waals surface area contributed by atoms with Gasteiger partial charge in [-0.25, -0.2) is 9.67 Å². The highest BCUT2D eigenvalue weighted by Gasteiger charge is 2.48. The molecule has 2 aromatic carbocycles. The fourth-order valence-corrected chi connectivity index (χ4v) is 7.13. The molecule has 4 aromatic rings. The normalized spacial score (nSPS) is 22.1. The number of hydrogen-bond acceptors (Lipinski definition) is 4. The number of aromatic nitrogens is 4. The first-order chi connectivity index (χ1) is 20.3. The maximum atomic E-state index is 14.4. The first-order valence-electron chi connectivity index (χ1n) is 14.5. The van der Waals surface area contributed by atoms with E-state index < -0.39 is 0 Å². The molecule has 2 unspecified atom stereocenters. The lowest BCUT2D eigenvalue weighted by Crippen LogP contribution is -2.56. The molecule has 3 atom stereocenters. The van der Waals surface area contributed by atoms with Crippen LogP contribution in [0.1, 0.15) is 54.6 Å². The molecule has 2 fully saturated rings. The molecule has 1 saturated carbocycles. The van der Waals surface area contributed by atoms with Crippen LogP contribution in [0.2, 0.25) is 5.02 Å². The molecule has 2 amide bonds. The third-order valence-corrected chi connectivity index (χ3v) is 10.5. The van der Waals surface area contributed by atoms with Gasteiger partial charge in [0.15, 0.2) is 0 Å². The summed E-state index contributed by atoms with van der Waals surface area (Å²) < 4.78 is 4.75. The molecule has 0 spiro atoms. The number of hydrogen-bond donors (Lipinski definition) is 0. The first-order valence-corrected chi connectivity index (χ1v) is 15.7. The average molecular weight is 648 g/mol. The number of carbonyl (C=O) groups excluding carboxylic acids is 2. The summed E-state index contributed by atoms with van der Waals surface area (Å²) in [6, 6.07) is 13.0. The van der Waals surface area contributed by atoms with Crippen LogP contribution in [-0.4, -0.2) is 48.6 Å². The van der Waals surface area contributed by atoms with Crippen LogP contribution in [0.3, 0.4) is 0 Å². The van der Waals surface area contributed by atoms with Crippen molar-refractivity contribution >= 4 is 50.9 Å². The molecule has 4 heterocycles. The third-order valence-electron chi connectivity index (χ3n) is 9.25. The van der Waals surface area contributed by atoms with E-state index in [4.69, 9.17) is 16.7 Å². The molecule has 216 valence electrons. The molecule has 0 bridgehead atoms. The van der Waals surface area contributed by atoms with Crippen LogP contribution in [0.4, 0.5) is 11.5 Å². The van der Waals surface area contributed by atoms with Crippen LogP contribution in [-0.2, 0) is 18.3 Å². The van der Waals surface area contributed by atoms with Gasteiger partial charge in [0.1, 0.15) is 11.6 Å². The van der Waals surface area contributed by atoms with E-state index in [1.807, 2.05) is 69.7 Å². The van der Waals surface area contributed by atoms with E-state index in [0.29, 0.717) is 29.5 Å². The van der Waals surface area contributed by atoms with Crippen molar-refractivity contribution in [2.45, 2.75) is 51.1 Å². The second-order valence-electron chi connectivity index (χ2n) is 11.9. The summed E-state index contributed by atoms with van der Waals surface area (Å²) in [4.78, 5) is 36.4. The standard InChI is InChI=1S/C32H32BrClN6O2/c1-19-14-25-28(18-38(19)31(41)22-8-11-26(33)27(34)16-22)40-30(23(17-36-40)15-20-4-3-5-20)39(32(25)42)24-9-6-21(7-10-24)29-35-12-13-37(29)2/h6-13,16-17,19-20,25,28H,3-5,14-15,18H2,1-2H3/t19-,25?,28?/m1/s1. The highest BCUT2D eigenvalue weighted by molar-refractivity contribution is 9.10. The van der Waals surface area contributed by atoms with Gasteiger partial charge in [-0.3, -0.25) is 14.5 Å². The second kappa shape index (κ2) is 10.7. The van der Waals surface area contributed by atoms with Crippen molar-refractivity contribution in [3.63, 3.8) is 0 Å². The van der Waals surface area contributed by atoms with Gasteiger partial charge < -0.3 is 9.47 Å². The predicted molar refractivity (Wildman–Crippen MR) is 166 cm³/mol. The largest absolute Gasteiger partial charge is 0.334 e. The number of piperidine rings is 1. The van der Waals surface area contributed by atoms with E-state index in [1.165, 1.54) is 19.3 Å². The molecule has 3 aliphatic rings. The Morgan fingerprint density at radius 3 is 2.60 bits per heavy atom. The number of amides is 2. The van der Waals surface area contributed by atoms with Crippen molar-refractivity contribution in [2.24, 2.45) is 18.9 Å². The Morgan fingerprint density at radius 2 is 1.93 bits per heavy atom. The Kier molecular flexibility index (Phi) is 6.97. The molecule has 42 heavy (non-hydrogen) atoms. The van der Waals surface area contributed by atoms with Crippen molar-refractivity contribution in [1.82, 2.24) is 24.2 Å². The molecular formula is C32H32BrClN6O2. The van der Waals surface area contributed by atoms with Crippen molar-refractivity contribution in [2.75, 3.05) is 11.4 Å². The smallest absolute Gasteiger partial charge is 0.254 e. The summed E-state index contributed by atoms with van der Waals surface area (Å²) in [5.74, 6) is 2.02. The molecule has 0 N–H and O–H groups in total. The number of nitrogens with zero attached hydrogens (tertiary/aromatic N) is 6. The third kappa shape index (κ3) is 4.57. The van der Waals surface area contributed by atoms with Gasteiger partial charge in [-0.15, -0.1) is 0 Å². The molecule has 10 heteroatoms. The predicted octanol–water partition coefficient (Wildman–Crippen LogP) is 6.81. The zero-order valence-electron chi connectivity index (χ0n) is 23.6. The quantitative estimate of drug-likeness (QED) is 0.239. The fourth-order valence-electron chi connectivity index (χ4n) is 6.71. The van der Waals surface area contributed by atoms with E-state index >= 15 is 0 Å². The van der Waals surface area contributed by atoms with E-state index in [-0.39, 0.29) is 29.8 Å². The SMILES string of the molecule is C[C@@H]1CC2C(=O)N(c3ccc(-c4nccn4C)cc3)c3c(CC4CCC4)cnn3C2CN1C(=O)c1ccc(Br)c(Cl)c1. The first kappa shape index (κ1) is 27.4. The molecule has 2 aromatic heterocycles. The van der Waals surface area contributed by atoms with Gasteiger partial charge in [0.25, 0.3) is 5.91 Å². The lowest BCUT2D eigenvalue weighted by Gasteiger charge is -2.47. The van der Waals surface area contributed by atoms with Gasteiger partial charge in [-0.05, 0) is 84.1 Å². The molecule has 7 rings (SSSR count). The number of carbonyl (C=O) groups is 2. The van der Waals surface area contributed by atoms with Crippen LogP contribution in [0.15, 0.2) is 65.5 Å². The van der Waals surface area contributed by atoms with Gasteiger partial charge in [-0.1, -0.05) is 30.9 Å². The highest BCUT2D eigenvalue weighted by Crippen LogP contribution is 2.46. The number of aryl methyl sites for hydroxylation is 1. The minimum Gasteiger partial charge on any atom is -0.334 e. The topological polar surface area (TPSA) is 76.3 Å². The Bertz CT molecular complexity index is 1680. The zero-order valence-corrected chi connectivity index (χ0v) is 25.9. The summed E-state index contributed by atoms with van der Waals surface area (Å²) in [6.07, 6.45) is 10.8. The Morgan fingerprint density at radius 1 is 1.14 bits per heavy atom. The number of benzene rings is 2. The highest BCUT2D eigenvalue weighted by atomic mass is 79.9.